The number of hydrogen-bond acceptors (Lipinski definition) is 5. The number of aryl methyl sites for hydroxylation is 1. The van der Waals surface area contributed by atoms with Crippen LogP contribution in [-0.4, -0.2) is 40.4 Å². The number of carbonyl (C=O) groups is 1. The zero-order valence-corrected chi connectivity index (χ0v) is 17.2. The Hall–Kier alpha value is -3.46. The van der Waals surface area contributed by atoms with E-state index in [0.717, 1.165) is 0 Å². The number of imidazole rings is 1. The van der Waals surface area contributed by atoms with Gasteiger partial charge in [0.05, 0.1) is 17.3 Å². The Morgan fingerprint density at radius 2 is 1.84 bits per heavy atom. The molecule has 0 saturated heterocycles. The lowest BCUT2D eigenvalue weighted by atomic mass is 10.1. The van der Waals surface area contributed by atoms with Crippen LogP contribution in [0.4, 0.5) is 4.39 Å². The summed E-state index contributed by atoms with van der Waals surface area (Å²) < 4.78 is 42.5. The van der Waals surface area contributed by atoms with Crippen LogP contribution in [0.1, 0.15) is 18.0 Å². The zero-order valence-electron chi connectivity index (χ0n) is 16.4. The Balaban J connectivity index is 1.74. The molecule has 1 N–H and O–H groups in total. The van der Waals surface area contributed by atoms with Gasteiger partial charge in [-0.15, -0.1) is 0 Å². The minimum atomic E-state index is -4.20. The summed E-state index contributed by atoms with van der Waals surface area (Å²) in [7, 11) is -4.20. The van der Waals surface area contributed by atoms with Crippen LogP contribution in [0.5, 0.6) is 0 Å². The Labute approximate surface area is 179 Å². The fourth-order valence-electron chi connectivity index (χ4n) is 3.71. The maximum absolute atomic E-state index is 14.0. The molecule has 0 radical (unpaired) electrons. The van der Waals surface area contributed by atoms with Crippen molar-refractivity contribution in [2.24, 2.45) is 0 Å². The van der Waals surface area contributed by atoms with Crippen molar-refractivity contribution in [3.8, 4) is 0 Å². The third kappa shape index (κ3) is 3.96. The van der Waals surface area contributed by atoms with Crippen molar-refractivity contribution in [3.63, 3.8) is 0 Å². The molecule has 4 rings (SSSR count). The molecule has 9 heteroatoms. The summed E-state index contributed by atoms with van der Waals surface area (Å²) in [5, 5.41) is 10.6. The van der Waals surface area contributed by atoms with Crippen molar-refractivity contribution < 1.29 is 22.7 Å². The van der Waals surface area contributed by atoms with Crippen LogP contribution in [0.15, 0.2) is 88.9 Å². The Morgan fingerprint density at radius 3 is 2.52 bits per heavy atom. The lowest BCUT2D eigenvalue weighted by Crippen LogP contribution is -2.32. The molecule has 1 aromatic heterocycles. The number of amides is 1. The molecule has 2 aromatic carbocycles. The second kappa shape index (κ2) is 8.35. The molecule has 0 unspecified atom stereocenters. The molecule has 1 atom stereocenters. The van der Waals surface area contributed by atoms with Gasteiger partial charge in [0.25, 0.3) is 5.91 Å². The van der Waals surface area contributed by atoms with Gasteiger partial charge in [0.1, 0.15) is 10.7 Å². The van der Waals surface area contributed by atoms with Gasteiger partial charge in [-0.25, -0.2) is 17.8 Å². The van der Waals surface area contributed by atoms with E-state index in [-0.39, 0.29) is 17.0 Å². The molecule has 0 aliphatic carbocycles. The van der Waals surface area contributed by atoms with E-state index in [1.165, 1.54) is 35.2 Å². The van der Waals surface area contributed by atoms with E-state index >= 15 is 0 Å². The predicted molar refractivity (Wildman–Crippen MR) is 111 cm³/mol. The number of halogens is 1. The lowest BCUT2D eigenvalue weighted by molar-refractivity contribution is -0.129. The highest BCUT2D eigenvalue weighted by molar-refractivity contribution is 7.95. The fourth-order valence-corrected chi connectivity index (χ4v) is 5.38. The van der Waals surface area contributed by atoms with Gasteiger partial charge in [-0.2, -0.15) is 0 Å². The van der Waals surface area contributed by atoms with E-state index in [1.807, 2.05) is 4.57 Å². The summed E-state index contributed by atoms with van der Waals surface area (Å²) in [4.78, 5) is 17.6. The van der Waals surface area contributed by atoms with Crippen LogP contribution in [0.25, 0.3) is 0 Å². The van der Waals surface area contributed by atoms with E-state index in [4.69, 9.17) is 0 Å². The average molecular weight is 441 g/mol. The summed E-state index contributed by atoms with van der Waals surface area (Å²) in [6.07, 6.45) is 5.53. The number of carbonyl (C=O) groups excluding carboxylic acids is 1. The number of hydrogen-bond donors (Lipinski definition) is 1. The first-order chi connectivity index (χ1) is 14.9. The first-order valence-corrected chi connectivity index (χ1v) is 11.1. The van der Waals surface area contributed by atoms with Crippen molar-refractivity contribution in [2.75, 3.05) is 6.54 Å². The minimum Gasteiger partial charge on any atom is -0.502 e. The Kier molecular flexibility index (Phi) is 5.60. The van der Waals surface area contributed by atoms with Gasteiger partial charge in [0.2, 0.25) is 9.84 Å². The second-order valence-corrected chi connectivity index (χ2v) is 9.06. The highest BCUT2D eigenvalue weighted by atomic mass is 32.2. The molecule has 31 heavy (non-hydrogen) atoms. The van der Waals surface area contributed by atoms with Gasteiger partial charge in [-0.05, 0) is 36.2 Å². The van der Waals surface area contributed by atoms with Crippen molar-refractivity contribution in [2.45, 2.75) is 23.9 Å². The van der Waals surface area contributed by atoms with Crippen molar-refractivity contribution in [1.82, 2.24) is 14.5 Å². The minimum absolute atomic E-state index is 0.0500. The summed E-state index contributed by atoms with van der Waals surface area (Å²) in [6.45, 7) is 0.706. The van der Waals surface area contributed by atoms with Crippen molar-refractivity contribution >= 4 is 15.7 Å². The third-order valence-electron chi connectivity index (χ3n) is 5.14. The molecule has 7 nitrogen and oxygen atoms in total. The highest BCUT2D eigenvalue weighted by Crippen LogP contribution is 2.42. The standard InChI is InChI=1S/C22H20FN3O4S/c23-17-7-4-6-16(14-17)19-21(31(29,30)18-8-2-1-3-9-18)20(27)22(28)26(19)12-5-11-25-13-10-24-15-25/h1-4,6-10,13-15,19,27H,5,11-12H2/t19-/m0/s1. The van der Waals surface area contributed by atoms with Gasteiger partial charge in [-0.3, -0.25) is 4.79 Å². The van der Waals surface area contributed by atoms with Crippen LogP contribution in [0, 0.1) is 5.82 Å². The van der Waals surface area contributed by atoms with Crippen LogP contribution >= 0.6 is 0 Å². The number of aromatic nitrogens is 2. The van der Waals surface area contributed by atoms with Crippen LogP contribution in [0.2, 0.25) is 0 Å². The van der Waals surface area contributed by atoms with Gasteiger partial charge >= 0.3 is 0 Å². The molecule has 1 aliphatic rings. The average Bonchev–Trinajstić information content (AvgIpc) is 3.37. The molecule has 1 amide bonds. The molecular formula is C22H20FN3O4S. The van der Waals surface area contributed by atoms with Crippen LogP contribution in [-0.2, 0) is 21.2 Å². The van der Waals surface area contributed by atoms with E-state index in [2.05, 4.69) is 4.98 Å². The molecule has 0 fully saturated rings. The fraction of sp³-hybridized carbons (Fsp3) is 0.182. The molecule has 1 aliphatic heterocycles. The molecule has 2 heterocycles. The normalized spacial score (nSPS) is 16.9. The molecule has 0 saturated carbocycles. The van der Waals surface area contributed by atoms with E-state index < -0.39 is 38.3 Å². The SMILES string of the molecule is O=C1C(O)=C(S(=O)(=O)c2ccccc2)[C@H](c2cccc(F)c2)N1CCCn1ccnc1. The molecular weight excluding hydrogens is 421 g/mol. The summed E-state index contributed by atoms with van der Waals surface area (Å²) in [6, 6.07) is 11.8. The van der Waals surface area contributed by atoms with Gasteiger partial charge in [0.15, 0.2) is 5.76 Å². The summed E-state index contributed by atoms with van der Waals surface area (Å²) >= 11 is 0. The number of sulfone groups is 1. The Morgan fingerprint density at radius 1 is 1.06 bits per heavy atom. The molecule has 0 bridgehead atoms. The Bertz CT molecular complexity index is 1220. The third-order valence-corrected chi connectivity index (χ3v) is 7.03. The van der Waals surface area contributed by atoms with Crippen molar-refractivity contribution in [1.29, 1.82) is 0 Å². The smallest absolute Gasteiger partial charge is 0.290 e. The zero-order chi connectivity index (χ0) is 22.0. The molecule has 160 valence electrons. The molecule has 3 aromatic rings. The number of aliphatic hydroxyl groups excluding tert-OH is 1. The summed E-state index contributed by atoms with van der Waals surface area (Å²) in [5.74, 6) is -2.19. The van der Waals surface area contributed by atoms with E-state index in [0.29, 0.717) is 13.0 Å². The van der Waals surface area contributed by atoms with E-state index in [1.54, 1.807) is 43.0 Å². The first-order valence-electron chi connectivity index (χ1n) is 9.65. The van der Waals surface area contributed by atoms with Crippen LogP contribution in [0.3, 0.4) is 0 Å². The second-order valence-electron chi connectivity index (χ2n) is 7.14. The number of rotatable bonds is 7. The molecule has 0 spiro atoms. The van der Waals surface area contributed by atoms with Crippen molar-refractivity contribution in [3.05, 3.63) is 95.4 Å². The number of aliphatic hydroxyl groups is 1. The number of nitrogens with zero attached hydrogens (tertiary/aromatic N) is 3. The summed E-state index contributed by atoms with van der Waals surface area (Å²) in [5.41, 5.74) is 0.273. The van der Waals surface area contributed by atoms with Gasteiger partial charge in [-0.1, -0.05) is 30.3 Å². The van der Waals surface area contributed by atoms with Crippen LogP contribution < -0.4 is 0 Å². The topological polar surface area (TPSA) is 92.5 Å². The predicted octanol–water partition coefficient (Wildman–Crippen LogP) is 3.24. The lowest BCUT2D eigenvalue weighted by Gasteiger charge is -2.27. The monoisotopic (exact) mass is 441 g/mol. The van der Waals surface area contributed by atoms with E-state index in [9.17, 15) is 22.7 Å². The highest BCUT2D eigenvalue weighted by Gasteiger charge is 2.46. The number of benzene rings is 2. The first kappa shape index (κ1) is 20.8. The quantitative estimate of drug-likeness (QED) is 0.608. The van der Waals surface area contributed by atoms with Gasteiger partial charge in [0, 0.05) is 25.5 Å². The maximum Gasteiger partial charge on any atom is 0.290 e. The largest absolute Gasteiger partial charge is 0.502 e. The maximum atomic E-state index is 14.0. The van der Waals surface area contributed by atoms with Gasteiger partial charge < -0.3 is 14.6 Å².